The molecule has 0 aliphatic heterocycles. The van der Waals surface area contributed by atoms with Gasteiger partial charge in [-0.15, -0.1) is 0 Å². The van der Waals surface area contributed by atoms with E-state index in [1.807, 2.05) is 6.08 Å². The van der Waals surface area contributed by atoms with E-state index in [0.717, 1.165) is 70.6 Å². The summed E-state index contributed by atoms with van der Waals surface area (Å²) in [5.41, 5.74) is 5.35. The Labute approximate surface area is 300 Å². The molecule has 0 saturated heterocycles. The van der Waals surface area contributed by atoms with Crippen LogP contribution in [0.15, 0.2) is 60.8 Å². The van der Waals surface area contributed by atoms with Gasteiger partial charge in [0.15, 0.2) is 0 Å². The third-order valence-electron chi connectivity index (χ3n) is 8.10. The topological polar surface area (TPSA) is 131 Å². The van der Waals surface area contributed by atoms with Gasteiger partial charge in [-0.05, 0) is 57.8 Å². The van der Waals surface area contributed by atoms with Crippen LogP contribution in [0.3, 0.4) is 0 Å². The third-order valence-corrected chi connectivity index (χ3v) is 9.08. The van der Waals surface area contributed by atoms with Crippen molar-refractivity contribution in [3.63, 3.8) is 0 Å². The summed E-state index contributed by atoms with van der Waals surface area (Å²) >= 11 is 0. The second-order valence-electron chi connectivity index (χ2n) is 12.8. The summed E-state index contributed by atoms with van der Waals surface area (Å²) in [5.74, 6) is -0.209. The van der Waals surface area contributed by atoms with E-state index in [1.165, 1.54) is 64.2 Å². The zero-order valence-corrected chi connectivity index (χ0v) is 32.1. The lowest BCUT2D eigenvalue weighted by molar-refractivity contribution is -0.123. The molecule has 5 N–H and O–H groups in total. The molecular formula is C40H73N2O6P. The molecule has 0 aromatic heterocycles. The maximum Gasteiger partial charge on any atom is 0.472 e. The van der Waals surface area contributed by atoms with E-state index in [-0.39, 0.29) is 25.7 Å². The fourth-order valence-corrected chi connectivity index (χ4v) is 5.94. The zero-order valence-electron chi connectivity index (χ0n) is 31.2. The van der Waals surface area contributed by atoms with Crippen LogP contribution in [0.2, 0.25) is 0 Å². The van der Waals surface area contributed by atoms with Crippen LogP contribution in [0.1, 0.15) is 155 Å². The molecule has 49 heavy (non-hydrogen) atoms. The first-order valence-electron chi connectivity index (χ1n) is 19.4. The Kier molecular flexibility index (Phi) is 34.7. The average Bonchev–Trinajstić information content (AvgIpc) is 3.09. The van der Waals surface area contributed by atoms with Gasteiger partial charge in [0.2, 0.25) is 5.91 Å². The Hall–Kier alpha value is -1.80. The zero-order chi connectivity index (χ0) is 36.1. The van der Waals surface area contributed by atoms with Gasteiger partial charge in [0.05, 0.1) is 25.4 Å². The van der Waals surface area contributed by atoms with Crippen LogP contribution in [0.25, 0.3) is 0 Å². The molecule has 0 heterocycles. The number of unbranched alkanes of at least 4 members (excludes halogenated alkanes) is 15. The van der Waals surface area contributed by atoms with Crippen LogP contribution in [-0.4, -0.2) is 47.8 Å². The fraction of sp³-hybridized carbons (Fsp3) is 0.725. The lowest BCUT2D eigenvalue weighted by Crippen LogP contribution is -2.45. The lowest BCUT2D eigenvalue weighted by Gasteiger charge is -2.23. The van der Waals surface area contributed by atoms with Crippen LogP contribution >= 0.6 is 7.82 Å². The molecule has 0 rings (SSSR count). The molecule has 0 aliphatic rings. The number of allylic oxidation sites excluding steroid dienone is 9. The van der Waals surface area contributed by atoms with E-state index in [2.05, 4.69) is 67.8 Å². The van der Waals surface area contributed by atoms with E-state index < -0.39 is 20.0 Å². The number of phosphoric ester groups is 1. The number of phosphoric acid groups is 1. The normalized spacial score (nSPS) is 15.0. The van der Waals surface area contributed by atoms with E-state index in [1.54, 1.807) is 6.08 Å². The molecule has 0 radical (unpaired) electrons. The summed E-state index contributed by atoms with van der Waals surface area (Å²) in [6.07, 6.45) is 44.1. The molecule has 0 aromatic rings. The van der Waals surface area contributed by atoms with Crippen LogP contribution < -0.4 is 11.1 Å². The van der Waals surface area contributed by atoms with Crippen molar-refractivity contribution in [2.24, 2.45) is 5.73 Å². The summed E-state index contributed by atoms with van der Waals surface area (Å²) in [5, 5.41) is 13.6. The highest BCUT2D eigenvalue weighted by Crippen LogP contribution is 2.43. The first-order valence-corrected chi connectivity index (χ1v) is 20.9. The predicted molar refractivity (Wildman–Crippen MR) is 207 cm³/mol. The van der Waals surface area contributed by atoms with Crippen molar-refractivity contribution >= 4 is 13.7 Å². The van der Waals surface area contributed by atoms with Crippen molar-refractivity contribution in [1.82, 2.24) is 5.32 Å². The maximum atomic E-state index is 12.7. The molecule has 3 atom stereocenters. The maximum absolute atomic E-state index is 12.7. The van der Waals surface area contributed by atoms with Crippen molar-refractivity contribution in [2.45, 2.75) is 167 Å². The molecule has 0 spiro atoms. The molecular weight excluding hydrogens is 635 g/mol. The van der Waals surface area contributed by atoms with Crippen molar-refractivity contribution < 1.29 is 28.4 Å². The minimum Gasteiger partial charge on any atom is -0.387 e. The average molecular weight is 709 g/mol. The quantitative estimate of drug-likeness (QED) is 0.0293. The van der Waals surface area contributed by atoms with Gasteiger partial charge in [-0.3, -0.25) is 13.8 Å². The van der Waals surface area contributed by atoms with Gasteiger partial charge < -0.3 is 21.1 Å². The van der Waals surface area contributed by atoms with E-state index >= 15 is 0 Å². The highest BCUT2D eigenvalue weighted by Gasteiger charge is 2.26. The second-order valence-corrected chi connectivity index (χ2v) is 14.2. The largest absolute Gasteiger partial charge is 0.472 e. The summed E-state index contributed by atoms with van der Waals surface area (Å²) < 4.78 is 22.0. The number of aliphatic hydroxyl groups is 1. The monoisotopic (exact) mass is 709 g/mol. The first kappa shape index (κ1) is 47.2. The van der Waals surface area contributed by atoms with E-state index in [9.17, 15) is 19.4 Å². The fourth-order valence-electron chi connectivity index (χ4n) is 5.18. The molecule has 1 amide bonds. The van der Waals surface area contributed by atoms with Gasteiger partial charge in [0.25, 0.3) is 0 Å². The molecule has 0 saturated carbocycles. The Morgan fingerprint density at radius 1 is 0.694 bits per heavy atom. The van der Waals surface area contributed by atoms with E-state index in [0.29, 0.717) is 6.42 Å². The van der Waals surface area contributed by atoms with Crippen molar-refractivity contribution in [3.05, 3.63) is 60.8 Å². The highest BCUT2D eigenvalue weighted by molar-refractivity contribution is 7.47. The molecule has 0 bridgehead atoms. The van der Waals surface area contributed by atoms with Crippen LogP contribution in [-0.2, 0) is 18.4 Å². The first-order chi connectivity index (χ1) is 23.9. The lowest BCUT2D eigenvalue weighted by atomic mass is 10.1. The van der Waals surface area contributed by atoms with Crippen molar-refractivity contribution in [1.29, 1.82) is 0 Å². The molecule has 0 fully saturated rings. The third kappa shape index (κ3) is 34.4. The van der Waals surface area contributed by atoms with Crippen LogP contribution in [0.5, 0.6) is 0 Å². The van der Waals surface area contributed by atoms with Gasteiger partial charge in [0.1, 0.15) is 0 Å². The summed E-state index contributed by atoms with van der Waals surface area (Å²) in [4.78, 5) is 22.6. The molecule has 0 aromatic carbocycles. The number of nitrogens with two attached hydrogens (primary N) is 1. The standard InChI is InChI=1S/C40H73N2O6P/c1-3-5-7-9-11-13-14-15-16-17-18-19-20-21-22-23-24-26-28-30-32-34-40(44)42-38(37-48-49(45,46)47-36-35-41)39(43)33-31-29-27-25-12-10-8-6-4-2/h5,7,11,13,15-16,18-19,31,33,38-39,43H,3-4,6,8-10,12,14,17,20-30,32,34-37,41H2,1-2H3,(H,42,44)(H,45,46)/b7-5-,13-11-,16-15-,19-18-,33-31+. The van der Waals surface area contributed by atoms with E-state index in [4.69, 9.17) is 14.8 Å². The smallest absolute Gasteiger partial charge is 0.387 e. The Morgan fingerprint density at radius 2 is 1.18 bits per heavy atom. The Morgan fingerprint density at radius 3 is 1.73 bits per heavy atom. The SMILES string of the molecule is CC/C=C\C/C=C\C/C=C\C/C=C\CCCCCCCCCCC(=O)NC(COP(=O)(O)OCCN)C(O)/C=C/CCCCCCCCC. The highest BCUT2D eigenvalue weighted by atomic mass is 31.2. The molecule has 8 nitrogen and oxygen atoms in total. The molecule has 284 valence electrons. The van der Waals surface area contributed by atoms with Crippen LogP contribution in [0, 0.1) is 0 Å². The summed E-state index contributed by atoms with van der Waals surface area (Å²) in [6, 6.07) is -0.864. The number of aliphatic hydroxyl groups excluding tert-OH is 1. The minimum absolute atomic E-state index is 0.0741. The number of rotatable bonds is 35. The number of carbonyl (C=O) groups excluding carboxylic acids is 1. The second kappa shape index (κ2) is 36.0. The van der Waals surface area contributed by atoms with Gasteiger partial charge in [0, 0.05) is 13.0 Å². The molecule has 0 aliphatic carbocycles. The summed E-state index contributed by atoms with van der Waals surface area (Å²) in [7, 11) is -4.33. The van der Waals surface area contributed by atoms with Gasteiger partial charge in [-0.1, -0.05) is 152 Å². The number of carbonyl (C=O) groups is 1. The van der Waals surface area contributed by atoms with Gasteiger partial charge >= 0.3 is 7.82 Å². The van der Waals surface area contributed by atoms with Gasteiger partial charge in [-0.2, -0.15) is 0 Å². The number of nitrogens with one attached hydrogen (secondary N) is 1. The number of hydrogen-bond acceptors (Lipinski definition) is 6. The minimum atomic E-state index is -4.33. The van der Waals surface area contributed by atoms with Gasteiger partial charge in [-0.25, -0.2) is 4.57 Å². The van der Waals surface area contributed by atoms with Crippen molar-refractivity contribution in [3.8, 4) is 0 Å². The Balaban J connectivity index is 4.19. The van der Waals surface area contributed by atoms with Crippen molar-refractivity contribution in [2.75, 3.05) is 19.8 Å². The number of hydrogen-bond donors (Lipinski definition) is 4. The summed E-state index contributed by atoms with van der Waals surface area (Å²) in [6.45, 7) is 3.96. The molecule has 9 heteroatoms. The molecule has 3 unspecified atom stereocenters. The predicted octanol–water partition coefficient (Wildman–Crippen LogP) is 10.3. The number of amides is 1. The van der Waals surface area contributed by atoms with Crippen LogP contribution in [0.4, 0.5) is 0 Å². The Bertz CT molecular complexity index is 949.